The topological polar surface area (TPSA) is 55.4 Å². The number of carbonyl (C=O) groups is 2. The maximum Gasteiger partial charge on any atom is 0.364 e. The first-order valence-electron chi connectivity index (χ1n) is 5.43. The van der Waals surface area contributed by atoms with Crippen LogP contribution in [0.4, 0.5) is 4.79 Å². The Labute approximate surface area is 101 Å². The van der Waals surface area contributed by atoms with Crippen molar-refractivity contribution in [3.63, 3.8) is 0 Å². The summed E-state index contributed by atoms with van der Waals surface area (Å²) in [7, 11) is 0. The molecular weight excluding hydrogens is 226 g/mol. The number of ether oxygens (including phenoxy) is 1. The first kappa shape index (κ1) is 13.1. The average molecular weight is 243 g/mol. The normalized spacial score (nSPS) is 25.4. The minimum absolute atomic E-state index is 0.112. The Morgan fingerprint density at radius 3 is 2.81 bits per heavy atom. The van der Waals surface area contributed by atoms with Gasteiger partial charge in [0.05, 0.1) is 6.04 Å². The first-order chi connectivity index (χ1) is 7.59. The van der Waals surface area contributed by atoms with Gasteiger partial charge in [0.15, 0.2) is 0 Å². The van der Waals surface area contributed by atoms with Crippen molar-refractivity contribution in [3.8, 4) is 0 Å². The van der Waals surface area contributed by atoms with E-state index in [1.165, 1.54) is 6.92 Å². The number of hydrogen-bond acceptors (Lipinski definition) is 3. The van der Waals surface area contributed by atoms with Gasteiger partial charge in [-0.1, -0.05) is 25.1 Å². The number of nitrogens with one attached hydrogen (secondary N) is 1. The van der Waals surface area contributed by atoms with Gasteiger partial charge < -0.3 is 10.1 Å². The van der Waals surface area contributed by atoms with Gasteiger partial charge in [0.2, 0.25) is 5.91 Å². The van der Waals surface area contributed by atoms with Crippen LogP contribution in [0.1, 0.15) is 32.6 Å². The Morgan fingerprint density at radius 2 is 2.19 bits per heavy atom. The van der Waals surface area contributed by atoms with Crippen molar-refractivity contribution < 1.29 is 14.3 Å². The molecule has 0 radical (unpaired) electrons. The summed E-state index contributed by atoms with van der Waals surface area (Å²) in [6, 6.07) is -0.148. The monoisotopic (exact) mass is 243 g/mol. The van der Waals surface area contributed by atoms with E-state index in [-0.39, 0.29) is 11.9 Å². The highest BCUT2D eigenvalue weighted by Crippen LogP contribution is 2.16. The van der Waals surface area contributed by atoms with Crippen molar-refractivity contribution in [1.82, 2.24) is 5.32 Å². The minimum Gasteiger partial charge on any atom is -0.448 e. The fourth-order valence-corrected chi connectivity index (χ4v) is 1.93. The highest BCUT2D eigenvalue weighted by atomic mass is 32.1. The van der Waals surface area contributed by atoms with Gasteiger partial charge in [-0.05, 0) is 25.3 Å². The molecule has 0 spiro atoms. The third-order valence-electron chi connectivity index (χ3n) is 2.48. The molecule has 0 aromatic rings. The van der Waals surface area contributed by atoms with Crippen LogP contribution in [0.15, 0.2) is 12.2 Å². The Bertz CT molecular complexity index is 291. The van der Waals surface area contributed by atoms with Crippen LogP contribution < -0.4 is 5.32 Å². The highest BCUT2D eigenvalue weighted by molar-refractivity contribution is 7.96. The zero-order chi connectivity index (χ0) is 12.0. The van der Waals surface area contributed by atoms with Crippen LogP contribution in [0.3, 0.4) is 0 Å². The summed E-state index contributed by atoms with van der Waals surface area (Å²) in [5, 5.41) is 2.18. The second-order valence-electron chi connectivity index (χ2n) is 3.87. The molecule has 1 N–H and O–H groups in total. The predicted octanol–water partition coefficient (Wildman–Crippen LogP) is 2.06. The van der Waals surface area contributed by atoms with E-state index in [2.05, 4.69) is 17.9 Å². The molecule has 0 heterocycles. The van der Waals surface area contributed by atoms with E-state index in [0.717, 1.165) is 25.7 Å². The second kappa shape index (κ2) is 6.58. The zero-order valence-corrected chi connectivity index (χ0v) is 10.2. The van der Waals surface area contributed by atoms with Crippen LogP contribution in [0.5, 0.6) is 0 Å². The van der Waals surface area contributed by atoms with Gasteiger partial charge >= 0.3 is 5.30 Å². The number of carbonyl (C=O) groups excluding carboxylic acids is 2. The maximum atomic E-state index is 11.0. The van der Waals surface area contributed by atoms with Gasteiger partial charge in [0.1, 0.15) is 6.10 Å². The van der Waals surface area contributed by atoms with Crippen molar-refractivity contribution in [2.45, 2.75) is 44.8 Å². The van der Waals surface area contributed by atoms with Crippen molar-refractivity contribution in [1.29, 1.82) is 0 Å². The fraction of sp³-hybridized carbons (Fsp3) is 0.636. The lowest BCUT2D eigenvalue weighted by atomic mass is 9.99. The first-order valence-corrected chi connectivity index (χ1v) is 5.87. The van der Waals surface area contributed by atoms with E-state index in [4.69, 9.17) is 4.74 Å². The molecule has 0 aliphatic heterocycles. The molecule has 2 atom stereocenters. The van der Waals surface area contributed by atoms with E-state index in [0.29, 0.717) is 0 Å². The third-order valence-corrected chi connectivity index (χ3v) is 2.59. The molecular formula is C11H17NO3S. The zero-order valence-electron chi connectivity index (χ0n) is 9.31. The Hall–Kier alpha value is -0.970. The lowest BCUT2D eigenvalue weighted by Crippen LogP contribution is -2.43. The van der Waals surface area contributed by atoms with Crippen LogP contribution in [0.25, 0.3) is 0 Å². The summed E-state index contributed by atoms with van der Waals surface area (Å²) in [4.78, 5) is 21.9. The average Bonchev–Trinajstić information content (AvgIpc) is 2.15. The van der Waals surface area contributed by atoms with E-state index in [9.17, 15) is 9.59 Å². The molecule has 0 aromatic heterocycles. The SMILES string of the molecule is CC(=O)NC1CCCCC=CC1OC(=O)S. The van der Waals surface area contributed by atoms with Gasteiger partial charge in [-0.2, -0.15) is 0 Å². The van der Waals surface area contributed by atoms with Crippen LogP contribution in [0.2, 0.25) is 0 Å². The minimum atomic E-state index is -0.620. The van der Waals surface area contributed by atoms with Gasteiger partial charge in [0.25, 0.3) is 0 Å². The third kappa shape index (κ3) is 4.70. The summed E-state index contributed by atoms with van der Waals surface area (Å²) in [5.41, 5.74) is 0. The maximum absolute atomic E-state index is 11.0. The summed E-state index contributed by atoms with van der Waals surface area (Å²) < 4.78 is 5.06. The summed E-state index contributed by atoms with van der Waals surface area (Å²) in [5.74, 6) is -0.112. The molecule has 0 fully saturated rings. The molecule has 90 valence electrons. The van der Waals surface area contributed by atoms with E-state index in [1.807, 2.05) is 12.2 Å². The number of amides is 1. The molecule has 4 nitrogen and oxygen atoms in total. The van der Waals surface area contributed by atoms with Crippen LogP contribution >= 0.6 is 12.6 Å². The molecule has 0 saturated heterocycles. The molecule has 0 aromatic carbocycles. The molecule has 1 aliphatic rings. The molecule has 0 saturated carbocycles. The van der Waals surface area contributed by atoms with Gasteiger partial charge in [0, 0.05) is 6.92 Å². The lowest BCUT2D eigenvalue weighted by Gasteiger charge is -2.26. The highest BCUT2D eigenvalue weighted by Gasteiger charge is 2.23. The van der Waals surface area contributed by atoms with E-state index >= 15 is 0 Å². The van der Waals surface area contributed by atoms with Crippen molar-refractivity contribution in [3.05, 3.63) is 12.2 Å². The molecule has 2 unspecified atom stereocenters. The fourth-order valence-electron chi connectivity index (χ4n) is 1.81. The van der Waals surface area contributed by atoms with E-state index < -0.39 is 11.4 Å². The largest absolute Gasteiger partial charge is 0.448 e. The predicted molar refractivity (Wildman–Crippen MR) is 64.5 cm³/mol. The van der Waals surface area contributed by atoms with E-state index in [1.54, 1.807) is 0 Å². The standard InChI is InChI=1S/C11H17NO3S/c1-8(13)12-9-6-4-2-3-5-7-10(9)15-11(14)16/h5,7,9-10H,2-4,6H2,1H3,(H,12,13)(H,14,16). The van der Waals surface area contributed by atoms with Crippen molar-refractivity contribution in [2.24, 2.45) is 0 Å². The summed E-state index contributed by atoms with van der Waals surface area (Å²) >= 11 is 3.59. The summed E-state index contributed by atoms with van der Waals surface area (Å²) in [6.07, 6.45) is 7.30. The van der Waals surface area contributed by atoms with Crippen molar-refractivity contribution in [2.75, 3.05) is 0 Å². The molecule has 1 aliphatic carbocycles. The molecule has 1 amide bonds. The quantitative estimate of drug-likeness (QED) is 0.443. The van der Waals surface area contributed by atoms with Crippen LogP contribution in [-0.2, 0) is 9.53 Å². The van der Waals surface area contributed by atoms with Gasteiger partial charge in [-0.15, -0.1) is 0 Å². The molecule has 16 heavy (non-hydrogen) atoms. The molecule has 1 rings (SSSR count). The second-order valence-corrected chi connectivity index (χ2v) is 4.23. The van der Waals surface area contributed by atoms with Crippen LogP contribution in [-0.4, -0.2) is 23.4 Å². The number of thiol groups is 1. The van der Waals surface area contributed by atoms with Gasteiger partial charge in [-0.25, -0.2) is 4.79 Å². The number of rotatable bonds is 2. The Balaban J connectivity index is 2.69. The molecule has 0 bridgehead atoms. The van der Waals surface area contributed by atoms with Gasteiger partial charge in [-0.3, -0.25) is 4.79 Å². The number of hydrogen-bond donors (Lipinski definition) is 2. The number of allylic oxidation sites excluding steroid dienone is 1. The van der Waals surface area contributed by atoms with Crippen LogP contribution in [0, 0.1) is 0 Å². The van der Waals surface area contributed by atoms with Crippen molar-refractivity contribution >= 4 is 23.8 Å². The molecule has 5 heteroatoms. The Morgan fingerprint density at radius 1 is 1.44 bits per heavy atom. The lowest BCUT2D eigenvalue weighted by molar-refractivity contribution is -0.120. The summed E-state index contributed by atoms with van der Waals surface area (Å²) in [6.45, 7) is 1.46. The Kier molecular flexibility index (Phi) is 5.38. The smallest absolute Gasteiger partial charge is 0.364 e.